The highest BCUT2D eigenvalue weighted by molar-refractivity contribution is 7.20. The number of carbonyl (C=O) groups is 2. The number of thiophene rings is 1. The number of aromatic nitrogens is 2. The predicted octanol–water partition coefficient (Wildman–Crippen LogP) is 2.81. The molecular formula is C19H27N5O2S. The molecule has 2 aromatic rings. The van der Waals surface area contributed by atoms with E-state index in [1.807, 2.05) is 11.8 Å². The molecule has 2 amide bonds. The van der Waals surface area contributed by atoms with Crippen LogP contribution in [0, 0.1) is 12.8 Å². The SMILES string of the molecule is Cc1c(C(=O)NCC(C)C)sc2ncnc(NCCCN3CCCC3=O)c12. The summed E-state index contributed by atoms with van der Waals surface area (Å²) in [7, 11) is 0. The molecule has 0 spiro atoms. The van der Waals surface area contributed by atoms with E-state index in [2.05, 4.69) is 34.4 Å². The molecule has 2 N–H and O–H groups in total. The van der Waals surface area contributed by atoms with Gasteiger partial charge in [-0.05, 0) is 31.2 Å². The van der Waals surface area contributed by atoms with Gasteiger partial charge in [0.15, 0.2) is 0 Å². The van der Waals surface area contributed by atoms with Crippen LogP contribution in [0.3, 0.4) is 0 Å². The molecule has 0 aliphatic carbocycles. The van der Waals surface area contributed by atoms with E-state index in [0.717, 1.165) is 54.1 Å². The molecule has 1 aliphatic rings. The molecule has 3 rings (SSSR count). The van der Waals surface area contributed by atoms with Gasteiger partial charge in [-0.2, -0.15) is 0 Å². The number of amides is 2. The number of likely N-dealkylation sites (tertiary alicyclic amines) is 1. The Hall–Kier alpha value is -2.22. The fourth-order valence-electron chi connectivity index (χ4n) is 3.22. The van der Waals surface area contributed by atoms with Crippen LogP contribution in [0.1, 0.15) is 48.3 Å². The Bertz CT molecular complexity index is 833. The van der Waals surface area contributed by atoms with Crippen molar-refractivity contribution < 1.29 is 9.59 Å². The van der Waals surface area contributed by atoms with Crippen LogP contribution in [0.25, 0.3) is 10.2 Å². The molecule has 1 aliphatic heterocycles. The first-order valence-electron chi connectivity index (χ1n) is 9.51. The van der Waals surface area contributed by atoms with Crippen LogP contribution in [0.2, 0.25) is 0 Å². The first-order chi connectivity index (χ1) is 13.0. The fraction of sp³-hybridized carbons (Fsp3) is 0.579. The Morgan fingerprint density at radius 2 is 2.19 bits per heavy atom. The van der Waals surface area contributed by atoms with E-state index >= 15 is 0 Å². The van der Waals surface area contributed by atoms with Crippen molar-refractivity contribution in [1.29, 1.82) is 0 Å². The molecule has 8 heteroatoms. The first kappa shape index (κ1) is 19.5. The maximum atomic E-state index is 12.5. The van der Waals surface area contributed by atoms with Crippen LogP contribution in [0.15, 0.2) is 6.33 Å². The van der Waals surface area contributed by atoms with Crippen molar-refractivity contribution in [1.82, 2.24) is 20.2 Å². The summed E-state index contributed by atoms with van der Waals surface area (Å²) in [5, 5.41) is 7.24. The van der Waals surface area contributed by atoms with Crippen LogP contribution in [-0.4, -0.2) is 52.9 Å². The van der Waals surface area contributed by atoms with Crippen molar-refractivity contribution in [3.8, 4) is 0 Å². The molecule has 3 heterocycles. The highest BCUT2D eigenvalue weighted by atomic mass is 32.1. The number of anilines is 1. The van der Waals surface area contributed by atoms with Gasteiger partial charge in [-0.3, -0.25) is 9.59 Å². The molecule has 0 radical (unpaired) electrons. The van der Waals surface area contributed by atoms with Gasteiger partial charge in [-0.25, -0.2) is 9.97 Å². The van der Waals surface area contributed by atoms with Gasteiger partial charge in [0.25, 0.3) is 5.91 Å². The molecule has 0 unspecified atom stereocenters. The van der Waals surface area contributed by atoms with E-state index in [0.29, 0.717) is 23.8 Å². The second-order valence-electron chi connectivity index (χ2n) is 7.33. The summed E-state index contributed by atoms with van der Waals surface area (Å²) >= 11 is 1.40. The van der Waals surface area contributed by atoms with Gasteiger partial charge in [-0.15, -0.1) is 11.3 Å². The summed E-state index contributed by atoms with van der Waals surface area (Å²) in [5.74, 6) is 1.36. The van der Waals surface area contributed by atoms with E-state index < -0.39 is 0 Å². The van der Waals surface area contributed by atoms with E-state index in [9.17, 15) is 9.59 Å². The lowest BCUT2D eigenvalue weighted by Gasteiger charge is -2.15. The van der Waals surface area contributed by atoms with Crippen molar-refractivity contribution in [2.45, 2.75) is 40.0 Å². The number of nitrogens with zero attached hydrogens (tertiary/aromatic N) is 3. The molecule has 1 saturated heterocycles. The lowest BCUT2D eigenvalue weighted by molar-refractivity contribution is -0.127. The van der Waals surface area contributed by atoms with Crippen LogP contribution in [0.5, 0.6) is 0 Å². The largest absolute Gasteiger partial charge is 0.369 e. The van der Waals surface area contributed by atoms with Crippen LogP contribution >= 0.6 is 11.3 Å². The molecule has 0 aromatic carbocycles. The summed E-state index contributed by atoms with van der Waals surface area (Å²) in [5.41, 5.74) is 0.911. The Kier molecular flexibility index (Phi) is 6.26. The average Bonchev–Trinajstić information content (AvgIpc) is 3.20. The van der Waals surface area contributed by atoms with Gasteiger partial charge < -0.3 is 15.5 Å². The topological polar surface area (TPSA) is 87.2 Å². The molecule has 0 saturated carbocycles. The zero-order valence-electron chi connectivity index (χ0n) is 16.2. The maximum absolute atomic E-state index is 12.5. The van der Waals surface area contributed by atoms with Crippen molar-refractivity contribution in [2.24, 2.45) is 5.92 Å². The molecule has 146 valence electrons. The minimum absolute atomic E-state index is 0.0531. The van der Waals surface area contributed by atoms with Gasteiger partial charge in [-0.1, -0.05) is 13.8 Å². The molecule has 1 fully saturated rings. The minimum Gasteiger partial charge on any atom is -0.369 e. The van der Waals surface area contributed by atoms with Gasteiger partial charge in [0.1, 0.15) is 17.0 Å². The van der Waals surface area contributed by atoms with Crippen LogP contribution in [0.4, 0.5) is 5.82 Å². The number of fused-ring (bicyclic) bond motifs is 1. The summed E-state index contributed by atoms with van der Waals surface area (Å²) in [6.07, 6.45) is 4.03. The first-order valence-corrected chi connectivity index (χ1v) is 10.3. The van der Waals surface area contributed by atoms with Gasteiger partial charge in [0.05, 0.1) is 10.3 Å². The van der Waals surface area contributed by atoms with Gasteiger partial charge in [0, 0.05) is 32.6 Å². The Labute approximate surface area is 163 Å². The number of rotatable bonds is 8. The predicted molar refractivity (Wildman–Crippen MR) is 108 cm³/mol. The van der Waals surface area contributed by atoms with E-state index in [-0.39, 0.29) is 11.8 Å². The molecule has 2 aromatic heterocycles. The third-order valence-electron chi connectivity index (χ3n) is 4.67. The second-order valence-corrected chi connectivity index (χ2v) is 8.33. The lowest BCUT2D eigenvalue weighted by atomic mass is 10.2. The monoisotopic (exact) mass is 389 g/mol. The standard InChI is InChI=1S/C19H27N5O2S/c1-12(2)10-21-18(26)16-13(3)15-17(22-11-23-19(15)27-16)20-7-5-9-24-8-4-6-14(24)25/h11-12H,4-10H2,1-3H3,(H,21,26)(H,20,22,23). The quantitative estimate of drug-likeness (QED) is 0.678. The van der Waals surface area contributed by atoms with E-state index in [4.69, 9.17) is 0 Å². The van der Waals surface area contributed by atoms with Gasteiger partial charge in [0.2, 0.25) is 5.91 Å². The number of hydrogen-bond donors (Lipinski definition) is 2. The summed E-state index contributed by atoms with van der Waals surface area (Å²) in [6, 6.07) is 0. The highest BCUT2D eigenvalue weighted by Gasteiger charge is 2.20. The van der Waals surface area contributed by atoms with E-state index in [1.165, 1.54) is 17.7 Å². The summed E-state index contributed by atoms with van der Waals surface area (Å²) < 4.78 is 0. The Morgan fingerprint density at radius 3 is 2.89 bits per heavy atom. The number of hydrogen-bond acceptors (Lipinski definition) is 6. The third-order valence-corrected chi connectivity index (χ3v) is 5.87. The van der Waals surface area contributed by atoms with Crippen molar-refractivity contribution in [3.05, 3.63) is 16.8 Å². The van der Waals surface area contributed by atoms with Crippen LogP contribution in [-0.2, 0) is 4.79 Å². The zero-order valence-corrected chi connectivity index (χ0v) is 17.0. The van der Waals surface area contributed by atoms with E-state index in [1.54, 1.807) is 0 Å². The minimum atomic E-state index is -0.0531. The molecular weight excluding hydrogens is 362 g/mol. The molecule has 0 bridgehead atoms. The Balaban J connectivity index is 1.67. The second kappa shape index (κ2) is 8.65. The molecule has 0 atom stereocenters. The van der Waals surface area contributed by atoms with Crippen molar-refractivity contribution >= 4 is 39.2 Å². The van der Waals surface area contributed by atoms with Crippen LogP contribution < -0.4 is 10.6 Å². The summed E-state index contributed by atoms with van der Waals surface area (Å²) in [6.45, 7) is 9.10. The highest BCUT2D eigenvalue weighted by Crippen LogP contribution is 2.33. The lowest BCUT2D eigenvalue weighted by Crippen LogP contribution is -2.27. The summed E-state index contributed by atoms with van der Waals surface area (Å²) in [4.78, 5) is 36.3. The smallest absolute Gasteiger partial charge is 0.261 e. The normalized spacial score (nSPS) is 14.4. The maximum Gasteiger partial charge on any atom is 0.261 e. The fourth-order valence-corrected chi connectivity index (χ4v) is 4.28. The zero-order chi connectivity index (χ0) is 19.4. The number of nitrogens with one attached hydrogen (secondary N) is 2. The van der Waals surface area contributed by atoms with Crippen molar-refractivity contribution in [2.75, 3.05) is 31.5 Å². The number of aryl methyl sites for hydroxylation is 1. The average molecular weight is 390 g/mol. The Morgan fingerprint density at radius 1 is 1.37 bits per heavy atom. The molecule has 27 heavy (non-hydrogen) atoms. The van der Waals surface area contributed by atoms with Crippen molar-refractivity contribution in [3.63, 3.8) is 0 Å². The molecule has 7 nitrogen and oxygen atoms in total. The number of carbonyl (C=O) groups excluding carboxylic acids is 2. The third kappa shape index (κ3) is 4.55. The van der Waals surface area contributed by atoms with Gasteiger partial charge >= 0.3 is 0 Å².